The predicted molar refractivity (Wildman–Crippen MR) is 109 cm³/mol. The summed E-state index contributed by atoms with van der Waals surface area (Å²) in [5, 5.41) is 4.68. The number of rotatable bonds is 5. The number of ether oxygens (including phenoxy) is 2. The maximum atomic E-state index is 12.6. The van der Waals surface area contributed by atoms with Crippen LogP contribution < -0.4 is 14.4 Å². The molecule has 0 spiro atoms. The monoisotopic (exact) mass is 413 g/mol. The van der Waals surface area contributed by atoms with Crippen LogP contribution in [0.1, 0.15) is 23.8 Å². The van der Waals surface area contributed by atoms with Crippen LogP contribution in [-0.4, -0.2) is 36.8 Å². The molecule has 0 bridgehead atoms. The number of hydrogen-bond acceptors (Lipinski definition) is 6. The fourth-order valence-corrected chi connectivity index (χ4v) is 3.60. The molecular formula is C21H20ClN3O4. The van der Waals surface area contributed by atoms with Crippen molar-refractivity contribution in [1.82, 2.24) is 10.1 Å². The highest BCUT2D eigenvalue weighted by Gasteiger charge is 2.35. The van der Waals surface area contributed by atoms with Crippen LogP contribution in [-0.2, 0) is 4.79 Å². The molecule has 2 heterocycles. The number of aromatic nitrogens is 2. The Labute approximate surface area is 173 Å². The van der Waals surface area contributed by atoms with Crippen LogP contribution in [0.2, 0.25) is 5.02 Å². The number of carbonyl (C=O) groups excluding carboxylic acids is 1. The van der Waals surface area contributed by atoms with Gasteiger partial charge in [-0.05, 0) is 36.8 Å². The van der Waals surface area contributed by atoms with Gasteiger partial charge in [0.15, 0.2) is 0 Å². The van der Waals surface area contributed by atoms with Crippen LogP contribution in [0.15, 0.2) is 40.9 Å². The molecule has 7 nitrogen and oxygen atoms in total. The van der Waals surface area contributed by atoms with E-state index in [2.05, 4.69) is 10.1 Å². The molecule has 1 aliphatic heterocycles. The van der Waals surface area contributed by atoms with E-state index in [0.717, 1.165) is 11.3 Å². The molecule has 1 fully saturated rings. The van der Waals surface area contributed by atoms with Crippen molar-refractivity contribution in [3.63, 3.8) is 0 Å². The Bertz CT molecular complexity index is 1040. The van der Waals surface area contributed by atoms with Gasteiger partial charge in [0.05, 0.1) is 20.1 Å². The van der Waals surface area contributed by atoms with Crippen LogP contribution in [0, 0.1) is 6.92 Å². The predicted octanol–water partition coefficient (Wildman–Crippen LogP) is 4.24. The van der Waals surface area contributed by atoms with Crippen molar-refractivity contribution in [3.05, 3.63) is 52.9 Å². The zero-order valence-electron chi connectivity index (χ0n) is 16.3. The molecule has 1 atom stereocenters. The quantitative estimate of drug-likeness (QED) is 0.622. The Kier molecular flexibility index (Phi) is 5.15. The van der Waals surface area contributed by atoms with Crippen molar-refractivity contribution in [1.29, 1.82) is 0 Å². The van der Waals surface area contributed by atoms with Gasteiger partial charge < -0.3 is 18.9 Å². The number of anilines is 1. The van der Waals surface area contributed by atoms with E-state index in [-0.39, 0.29) is 11.8 Å². The zero-order chi connectivity index (χ0) is 20.5. The maximum Gasteiger partial charge on any atom is 0.232 e. The van der Waals surface area contributed by atoms with Gasteiger partial charge >= 0.3 is 0 Å². The Morgan fingerprint density at radius 1 is 1.14 bits per heavy atom. The summed E-state index contributed by atoms with van der Waals surface area (Å²) in [5.74, 6) is 1.92. The van der Waals surface area contributed by atoms with Crippen molar-refractivity contribution < 1.29 is 18.8 Å². The van der Waals surface area contributed by atoms with E-state index < -0.39 is 0 Å². The van der Waals surface area contributed by atoms with Gasteiger partial charge in [0, 0.05) is 35.3 Å². The van der Waals surface area contributed by atoms with Gasteiger partial charge in [-0.1, -0.05) is 22.8 Å². The number of hydrogen-bond donors (Lipinski definition) is 0. The summed E-state index contributed by atoms with van der Waals surface area (Å²) in [6.07, 6.45) is 0.301. The molecule has 0 N–H and O–H groups in total. The number of nitrogens with zero attached hydrogens (tertiary/aromatic N) is 3. The molecule has 1 aromatic heterocycles. The van der Waals surface area contributed by atoms with Crippen LogP contribution in [0.4, 0.5) is 5.69 Å². The molecule has 0 saturated carbocycles. The topological polar surface area (TPSA) is 77.7 Å². The van der Waals surface area contributed by atoms with Gasteiger partial charge in [-0.15, -0.1) is 0 Å². The lowest BCUT2D eigenvalue weighted by Gasteiger charge is -2.18. The second-order valence-corrected chi connectivity index (χ2v) is 7.33. The molecule has 8 heteroatoms. The first kappa shape index (κ1) is 19.3. The molecule has 4 rings (SSSR count). The molecular weight excluding hydrogens is 394 g/mol. The summed E-state index contributed by atoms with van der Waals surface area (Å²) >= 11 is 6.12. The summed E-state index contributed by atoms with van der Waals surface area (Å²) in [5.41, 5.74) is 2.50. The van der Waals surface area contributed by atoms with Gasteiger partial charge in [-0.3, -0.25) is 4.79 Å². The minimum absolute atomic E-state index is 0.00293. The second kappa shape index (κ2) is 7.75. The molecule has 150 valence electrons. The third-order valence-corrected chi connectivity index (χ3v) is 5.22. The Balaban J connectivity index is 1.59. The van der Waals surface area contributed by atoms with Crippen molar-refractivity contribution in [3.8, 4) is 22.9 Å². The Morgan fingerprint density at radius 3 is 2.55 bits per heavy atom. The molecule has 2 aromatic carbocycles. The normalized spacial score (nSPS) is 16.3. The van der Waals surface area contributed by atoms with Crippen molar-refractivity contribution >= 4 is 23.2 Å². The average molecular weight is 414 g/mol. The summed E-state index contributed by atoms with van der Waals surface area (Å²) in [4.78, 5) is 18.9. The maximum absolute atomic E-state index is 12.6. The van der Waals surface area contributed by atoms with E-state index in [0.29, 0.717) is 46.8 Å². The van der Waals surface area contributed by atoms with E-state index in [9.17, 15) is 4.79 Å². The summed E-state index contributed by atoms with van der Waals surface area (Å²) in [6, 6.07) is 10.9. The van der Waals surface area contributed by atoms with Gasteiger partial charge in [-0.25, -0.2) is 0 Å². The Hall–Kier alpha value is -3.06. The zero-order valence-corrected chi connectivity index (χ0v) is 17.1. The number of benzene rings is 2. The first-order valence-corrected chi connectivity index (χ1v) is 9.50. The van der Waals surface area contributed by atoms with Crippen molar-refractivity contribution in [2.75, 3.05) is 25.7 Å². The van der Waals surface area contributed by atoms with Crippen molar-refractivity contribution in [2.45, 2.75) is 19.3 Å². The van der Waals surface area contributed by atoms with Gasteiger partial charge in [-0.2, -0.15) is 4.98 Å². The molecule has 3 aromatic rings. The van der Waals surface area contributed by atoms with E-state index in [1.165, 1.54) is 0 Å². The average Bonchev–Trinajstić information content (AvgIpc) is 3.36. The number of aryl methyl sites for hydroxylation is 1. The van der Waals surface area contributed by atoms with Crippen LogP contribution in [0.25, 0.3) is 11.4 Å². The first-order valence-electron chi connectivity index (χ1n) is 9.12. The highest BCUT2D eigenvalue weighted by molar-refractivity contribution is 6.31. The fraction of sp³-hybridized carbons (Fsp3) is 0.286. The standard InChI is InChI=1S/C21H20ClN3O4/c1-12-4-5-15(22)9-18(12)25-11-14(8-19(25)26)21-23-20(24-29-21)13-6-16(27-2)10-17(7-13)28-3/h4-7,9-10,14H,8,11H2,1-3H3. The molecule has 1 amide bonds. The van der Waals surface area contributed by atoms with E-state index in [1.54, 1.807) is 43.4 Å². The molecule has 0 radical (unpaired) electrons. The molecule has 0 aliphatic carbocycles. The molecule has 29 heavy (non-hydrogen) atoms. The van der Waals surface area contributed by atoms with Crippen LogP contribution in [0.5, 0.6) is 11.5 Å². The highest BCUT2D eigenvalue weighted by atomic mass is 35.5. The lowest BCUT2D eigenvalue weighted by molar-refractivity contribution is -0.117. The van der Waals surface area contributed by atoms with E-state index in [1.807, 2.05) is 19.1 Å². The minimum atomic E-state index is -0.186. The van der Waals surface area contributed by atoms with Gasteiger partial charge in [0.25, 0.3) is 0 Å². The third kappa shape index (κ3) is 3.78. The number of halogens is 1. The number of methoxy groups -OCH3 is 2. The number of carbonyl (C=O) groups is 1. The summed E-state index contributed by atoms with van der Waals surface area (Å²) < 4.78 is 16.1. The lowest BCUT2D eigenvalue weighted by atomic mass is 10.1. The minimum Gasteiger partial charge on any atom is -0.497 e. The SMILES string of the molecule is COc1cc(OC)cc(-c2noc(C3CC(=O)N(c4cc(Cl)ccc4C)C3)n2)c1. The van der Waals surface area contributed by atoms with Crippen LogP contribution in [0.3, 0.4) is 0 Å². The first-order chi connectivity index (χ1) is 14.0. The lowest BCUT2D eigenvalue weighted by Crippen LogP contribution is -2.25. The second-order valence-electron chi connectivity index (χ2n) is 6.89. The largest absolute Gasteiger partial charge is 0.497 e. The molecule has 1 unspecified atom stereocenters. The number of amides is 1. The highest BCUT2D eigenvalue weighted by Crippen LogP contribution is 2.35. The van der Waals surface area contributed by atoms with E-state index in [4.69, 9.17) is 25.6 Å². The smallest absolute Gasteiger partial charge is 0.232 e. The Morgan fingerprint density at radius 2 is 1.86 bits per heavy atom. The summed E-state index contributed by atoms with van der Waals surface area (Å²) in [7, 11) is 3.16. The molecule has 1 saturated heterocycles. The van der Waals surface area contributed by atoms with Gasteiger partial charge in [0.2, 0.25) is 17.6 Å². The van der Waals surface area contributed by atoms with E-state index >= 15 is 0 Å². The summed E-state index contributed by atoms with van der Waals surface area (Å²) in [6.45, 7) is 2.41. The van der Waals surface area contributed by atoms with Crippen LogP contribution >= 0.6 is 11.6 Å². The molecule has 1 aliphatic rings. The fourth-order valence-electron chi connectivity index (χ4n) is 3.43. The third-order valence-electron chi connectivity index (χ3n) is 4.99. The van der Waals surface area contributed by atoms with Gasteiger partial charge in [0.1, 0.15) is 11.5 Å². The van der Waals surface area contributed by atoms with Crippen molar-refractivity contribution in [2.24, 2.45) is 0 Å².